The van der Waals surface area contributed by atoms with Gasteiger partial charge in [0.25, 0.3) is 11.8 Å². The minimum atomic E-state index is -1.76. The SMILES string of the molecule is CC(C)(ON=C(C(=O)NC1C(=O)N2C(C(=O)O)=C(C[n+]3ccc4c(c3)OCN4)CS[C@H]12)c1cc(N)sn1)C(=O)O. The number of fused-ring (bicyclic) bond motifs is 2. The van der Waals surface area contributed by atoms with Gasteiger partial charge in [0.15, 0.2) is 25.2 Å². The topological polar surface area (TPSA) is 210 Å². The van der Waals surface area contributed by atoms with E-state index in [4.69, 9.17) is 15.3 Å². The van der Waals surface area contributed by atoms with Crippen LogP contribution in [0.4, 0.5) is 10.7 Å². The lowest BCUT2D eigenvalue weighted by Gasteiger charge is -2.49. The highest BCUT2D eigenvalue weighted by Gasteiger charge is 2.55. The number of hydrogen-bond acceptors (Lipinski definition) is 12. The maximum atomic E-state index is 13.2. The average Bonchev–Trinajstić information content (AvgIpc) is 3.55. The van der Waals surface area contributed by atoms with Crippen LogP contribution in [0.2, 0.25) is 0 Å². The first-order valence-corrected chi connectivity index (χ1v) is 13.6. The summed E-state index contributed by atoms with van der Waals surface area (Å²) in [6.07, 6.45) is 3.53. The lowest BCUT2D eigenvalue weighted by molar-refractivity contribution is -0.689. The largest absolute Gasteiger partial charge is 0.478 e. The van der Waals surface area contributed by atoms with Gasteiger partial charge in [-0.15, -0.1) is 11.8 Å². The molecule has 40 heavy (non-hydrogen) atoms. The van der Waals surface area contributed by atoms with Crippen LogP contribution in [-0.2, 0) is 30.6 Å². The number of oxime groups is 1. The number of carboxylic acids is 2. The summed E-state index contributed by atoms with van der Waals surface area (Å²) in [5.41, 5.74) is 4.83. The first-order valence-electron chi connectivity index (χ1n) is 11.8. The number of hydrogen-bond donors (Lipinski definition) is 5. The summed E-state index contributed by atoms with van der Waals surface area (Å²) in [5.74, 6) is -3.12. The van der Waals surface area contributed by atoms with Crippen molar-refractivity contribution in [3.05, 3.63) is 41.5 Å². The summed E-state index contributed by atoms with van der Waals surface area (Å²) in [6.45, 7) is 3.06. The number of carboxylic acid groups (broad SMARTS) is 2. The quantitative estimate of drug-likeness (QED) is 0.111. The van der Waals surface area contributed by atoms with Gasteiger partial charge >= 0.3 is 11.9 Å². The highest BCUT2D eigenvalue weighted by Crippen LogP contribution is 2.40. The Hall–Kier alpha value is -4.38. The van der Waals surface area contributed by atoms with Crippen LogP contribution in [-0.4, -0.2) is 78.5 Å². The average molecular weight is 591 g/mol. The Morgan fingerprint density at radius 2 is 2.17 bits per heavy atom. The maximum Gasteiger partial charge on any atom is 0.352 e. The van der Waals surface area contributed by atoms with Crippen molar-refractivity contribution in [1.82, 2.24) is 14.6 Å². The van der Waals surface area contributed by atoms with E-state index in [9.17, 15) is 29.4 Å². The Morgan fingerprint density at radius 3 is 2.85 bits per heavy atom. The zero-order valence-electron chi connectivity index (χ0n) is 21.1. The molecule has 0 spiro atoms. The van der Waals surface area contributed by atoms with Crippen LogP contribution >= 0.6 is 23.3 Å². The van der Waals surface area contributed by atoms with Gasteiger partial charge in [-0.3, -0.25) is 14.5 Å². The first-order chi connectivity index (χ1) is 19.0. The van der Waals surface area contributed by atoms with Crippen molar-refractivity contribution in [2.45, 2.75) is 37.4 Å². The van der Waals surface area contributed by atoms with Crippen molar-refractivity contribution in [3.8, 4) is 5.75 Å². The number of thioether (sulfide) groups is 1. The molecule has 15 nitrogen and oxygen atoms in total. The van der Waals surface area contributed by atoms with E-state index in [2.05, 4.69) is 20.2 Å². The molecule has 2 amide bonds. The standard InChI is InChI=1S/C23H23N7O8S2/c1-23(2,22(35)36)38-27-15(12-5-14(24)40-28-12)18(31)26-16-19(32)30-17(21(33)34)10(8-39-20(16)30)6-29-4-3-11-13(7-29)37-9-25-11/h3-5,7,16,20H,6,8-9H2,1-2H3,(H5,24,26,28,31,33,34,35,36)/p+1/t16?,20-/m1/s1. The number of amides is 2. The van der Waals surface area contributed by atoms with E-state index in [0.29, 0.717) is 23.8 Å². The fourth-order valence-electron chi connectivity index (χ4n) is 4.11. The molecule has 0 aromatic carbocycles. The second-order valence-electron chi connectivity index (χ2n) is 9.44. The number of aromatic nitrogens is 2. The molecule has 5 rings (SSSR count). The predicted octanol–water partition coefficient (Wildman–Crippen LogP) is -0.203. The van der Waals surface area contributed by atoms with Gasteiger partial charge in [-0.1, -0.05) is 5.16 Å². The van der Waals surface area contributed by atoms with Crippen LogP contribution < -0.4 is 25.7 Å². The highest BCUT2D eigenvalue weighted by molar-refractivity contribution is 8.00. The maximum absolute atomic E-state index is 13.2. The smallest absolute Gasteiger partial charge is 0.352 e. The van der Waals surface area contributed by atoms with Crippen LogP contribution in [0.3, 0.4) is 0 Å². The summed E-state index contributed by atoms with van der Waals surface area (Å²) >= 11 is 2.19. The highest BCUT2D eigenvalue weighted by atomic mass is 32.2. The third kappa shape index (κ3) is 5.00. The molecule has 210 valence electrons. The predicted molar refractivity (Wildman–Crippen MR) is 141 cm³/mol. The Morgan fingerprint density at radius 1 is 1.40 bits per heavy atom. The van der Waals surface area contributed by atoms with E-state index in [1.165, 1.54) is 31.7 Å². The number of ether oxygens (including phenoxy) is 1. The second-order valence-corrected chi connectivity index (χ2v) is 11.4. The van der Waals surface area contributed by atoms with Gasteiger partial charge < -0.3 is 36.2 Å². The van der Waals surface area contributed by atoms with E-state index in [0.717, 1.165) is 22.1 Å². The minimum Gasteiger partial charge on any atom is -0.478 e. The number of pyridine rings is 1. The molecule has 2 aromatic rings. The number of nitrogen functional groups attached to an aromatic ring is 1. The summed E-state index contributed by atoms with van der Waals surface area (Å²) in [4.78, 5) is 56.3. The molecular formula is C23H24N7O8S2+. The minimum absolute atomic E-state index is 0.0278. The van der Waals surface area contributed by atoms with E-state index in [-0.39, 0.29) is 28.6 Å². The molecule has 0 bridgehead atoms. The number of aliphatic carboxylic acids is 2. The lowest BCUT2D eigenvalue weighted by Crippen LogP contribution is -2.71. The van der Waals surface area contributed by atoms with Crippen LogP contribution in [0, 0.1) is 0 Å². The molecule has 1 saturated heterocycles. The summed E-state index contributed by atoms with van der Waals surface area (Å²) in [5, 5.41) is 28.2. The van der Waals surface area contributed by atoms with Crippen molar-refractivity contribution in [2.75, 3.05) is 23.5 Å². The van der Waals surface area contributed by atoms with E-state index in [1.807, 2.05) is 6.07 Å². The van der Waals surface area contributed by atoms with Crippen LogP contribution in [0.5, 0.6) is 5.75 Å². The molecule has 0 aliphatic carbocycles. The Kier molecular flexibility index (Phi) is 7.01. The normalized spacial score (nSPS) is 20.1. The van der Waals surface area contributed by atoms with Gasteiger partial charge in [0.05, 0.1) is 5.69 Å². The summed E-state index contributed by atoms with van der Waals surface area (Å²) in [7, 11) is 0. The number of β-lactam (4-membered cyclic amide) rings is 1. The molecule has 1 unspecified atom stereocenters. The van der Waals surface area contributed by atoms with Crippen LogP contribution in [0.25, 0.3) is 0 Å². The fourth-order valence-corrected chi connectivity index (χ4v) is 5.95. The third-order valence-electron chi connectivity index (χ3n) is 6.25. The van der Waals surface area contributed by atoms with E-state index < -0.39 is 40.8 Å². The first kappa shape index (κ1) is 27.2. The molecule has 6 N–H and O–H groups in total. The van der Waals surface area contributed by atoms with Crippen molar-refractivity contribution in [1.29, 1.82) is 0 Å². The Labute approximate surface area is 234 Å². The number of rotatable bonds is 9. The molecule has 3 aliphatic heterocycles. The molecular weight excluding hydrogens is 566 g/mol. The summed E-state index contributed by atoms with van der Waals surface area (Å²) in [6, 6.07) is 2.12. The third-order valence-corrected chi connectivity index (χ3v) is 8.20. The zero-order chi connectivity index (χ0) is 28.8. The summed E-state index contributed by atoms with van der Waals surface area (Å²) < 4.78 is 11.3. The van der Waals surface area contributed by atoms with Crippen LogP contribution in [0.1, 0.15) is 19.5 Å². The molecule has 0 saturated carbocycles. The van der Waals surface area contributed by atoms with Gasteiger partial charge in [0.1, 0.15) is 27.8 Å². The lowest BCUT2D eigenvalue weighted by atomic mass is 10.0. The molecule has 2 aromatic heterocycles. The van der Waals surface area contributed by atoms with Gasteiger partial charge in [0.2, 0.25) is 17.5 Å². The number of nitrogens with one attached hydrogen (secondary N) is 2. The molecule has 5 heterocycles. The fraction of sp³-hybridized carbons (Fsp3) is 0.348. The number of nitrogens with zero attached hydrogens (tertiary/aromatic N) is 4. The molecule has 17 heteroatoms. The van der Waals surface area contributed by atoms with Crippen molar-refractivity contribution >= 4 is 63.4 Å². The molecule has 2 atom stereocenters. The van der Waals surface area contributed by atoms with Gasteiger partial charge in [-0.2, -0.15) is 8.94 Å². The van der Waals surface area contributed by atoms with Crippen LogP contribution in [0.15, 0.2) is 41.0 Å². The van der Waals surface area contributed by atoms with Gasteiger partial charge in [0, 0.05) is 23.5 Å². The Balaban J connectivity index is 1.35. The van der Waals surface area contributed by atoms with Crippen molar-refractivity contribution in [2.24, 2.45) is 5.16 Å². The number of anilines is 2. The molecule has 1 fully saturated rings. The number of carbonyl (C=O) groups is 4. The van der Waals surface area contributed by atoms with E-state index >= 15 is 0 Å². The number of nitrogens with two attached hydrogens (primary N) is 1. The second kappa shape index (κ2) is 10.3. The molecule has 0 radical (unpaired) electrons. The van der Waals surface area contributed by atoms with Gasteiger partial charge in [-0.25, -0.2) is 9.59 Å². The number of carbonyl (C=O) groups excluding carboxylic acids is 2. The van der Waals surface area contributed by atoms with Crippen molar-refractivity contribution in [3.63, 3.8) is 0 Å². The van der Waals surface area contributed by atoms with E-state index in [1.54, 1.807) is 17.0 Å². The molecule has 3 aliphatic rings. The monoisotopic (exact) mass is 590 g/mol. The Bertz CT molecular complexity index is 1490. The van der Waals surface area contributed by atoms with Gasteiger partial charge in [-0.05, 0) is 25.4 Å². The zero-order valence-corrected chi connectivity index (χ0v) is 22.7. The van der Waals surface area contributed by atoms with Crippen molar-refractivity contribution < 1.29 is 43.5 Å².